The maximum Gasteiger partial charge on any atom is 0.303 e. The molecule has 1 saturated carbocycles. The lowest BCUT2D eigenvalue weighted by Gasteiger charge is -2.12. The first-order chi connectivity index (χ1) is 8.49. The van der Waals surface area contributed by atoms with Crippen LogP contribution >= 0.6 is 11.6 Å². The van der Waals surface area contributed by atoms with Crippen LogP contribution in [0.5, 0.6) is 0 Å². The molecule has 1 amide bonds. The van der Waals surface area contributed by atoms with Gasteiger partial charge in [0.15, 0.2) is 0 Å². The number of benzene rings is 1. The van der Waals surface area contributed by atoms with Crippen molar-refractivity contribution in [2.24, 2.45) is 5.41 Å². The van der Waals surface area contributed by atoms with Crippen molar-refractivity contribution in [1.82, 2.24) is 0 Å². The minimum Gasteiger partial charge on any atom is -0.481 e. The Morgan fingerprint density at radius 2 is 1.83 bits per heavy atom. The lowest BCUT2D eigenvalue weighted by Crippen LogP contribution is -2.19. The van der Waals surface area contributed by atoms with Crippen LogP contribution in [0.15, 0.2) is 24.3 Å². The van der Waals surface area contributed by atoms with Crippen molar-refractivity contribution in [2.45, 2.75) is 25.7 Å². The second-order valence-electron chi connectivity index (χ2n) is 4.80. The predicted octanol–water partition coefficient (Wildman–Crippen LogP) is 2.92. The second-order valence-corrected chi connectivity index (χ2v) is 5.24. The van der Waals surface area contributed by atoms with Gasteiger partial charge in [-0.15, -0.1) is 0 Å². The highest BCUT2D eigenvalue weighted by Gasteiger charge is 2.45. The second kappa shape index (κ2) is 4.98. The molecule has 96 valence electrons. The average Bonchev–Trinajstić information content (AvgIpc) is 3.00. The molecule has 0 aliphatic heterocycles. The molecular formula is C13H14ClNO3. The molecule has 18 heavy (non-hydrogen) atoms. The van der Waals surface area contributed by atoms with E-state index in [2.05, 4.69) is 5.32 Å². The number of carboxylic acid groups (broad SMARTS) is 1. The third kappa shape index (κ3) is 3.47. The number of hydrogen-bond donors (Lipinski definition) is 2. The van der Waals surface area contributed by atoms with E-state index in [-0.39, 0.29) is 24.2 Å². The summed E-state index contributed by atoms with van der Waals surface area (Å²) < 4.78 is 0. The van der Waals surface area contributed by atoms with Crippen molar-refractivity contribution >= 4 is 29.2 Å². The number of halogens is 1. The van der Waals surface area contributed by atoms with E-state index in [0.29, 0.717) is 10.7 Å². The molecule has 0 bridgehead atoms. The summed E-state index contributed by atoms with van der Waals surface area (Å²) in [6, 6.07) is 6.83. The summed E-state index contributed by atoms with van der Waals surface area (Å²) >= 11 is 5.74. The quantitative estimate of drug-likeness (QED) is 0.862. The summed E-state index contributed by atoms with van der Waals surface area (Å²) in [5, 5.41) is 12.1. The van der Waals surface area contributed by atoms with Gasteiger partial charge in [0.1, 0.15) is 0 Å². The molecule has 2 rings (SSSR count). The van der Waals surface area contributed by atoms with Crippen molar-refractivity contribution in [3.8, 4) is 0 Å². The van der Waals surface area contributed by atoms with E-state index in [0.717, 1.165) is 12.8 Å². The first-order valence-electron chi connectivity index (χ1n) is 5.76. The molecule has 1 aliphatic carbocycles. The maximum absolute atomic E-state index is 11.8. The first kappa shape index (κ1) is 12.9. The van der Waals surface area contributed by atoms with Crippen LogP contribution in [-0.4, -0.2) is 17.0 Å². The highest BCUT2D eigenvalue weighted by Crippen LogP contribution is 2.51. The topological polar surface area (TPSA) is 66.4 Å². The van der Waals surface area contributed by atoms with Crippen LogP contribution in [0.1, 0.15) is 25.7 Å². The molecule has 1 fully saturated rings. The number of aliphatic carboxylic acids is 1. The third-order valence-corrected chi connectivity index (χ3v) is 3.40. The van der Waals surface area contributed by atoms with Crippen molar-refractivity contribution in [3.05, 3.63) is 29.3 Å². The van der Waals surface area contributed by atoms with E-state index in [1.807, 2.05) is 0 Å². The van der Waals surface area contributed by atoms with Crippen LogP contribution in [0.2, 0.25) is 5.02 Å². The van der Waals surface area contributed by atoms with E-state index >= 15 is 0 Å². The number of anilines is 1. The minimum absolute atomic E-state index is 0.0705. The zero-order chi connectivity index (χ0) is 13.2. The van der Waals surface area contributed by atoms with Crippen molar-refractivity contribution < 1.29 is 14.7 Å². The van der Waals surface area contributed by atoms with Gasteiger partial charge in [0.2, 0.25) is 5.91 Å². The molecule has 0 unspecified atom stereocenters. The summed E-state index contributed by atoms with van der Waals surface area (Å²) in [4.78, 5) is 22.5. The third-order valence-electron chi connectivity index (χ3n) is 3.15. The van der Waals surface area contributed by atoms with E-state index in [1.54, 1.807) is 24.3 Å². The van der Waals surface area contributed by atoms with Crippen LogP contribution in [0.25, 0.3) is 0 Å². The standard InChI is InChI=1S/C13H14ClNO3/c14-9-1-3-10(4-2-9)15-11(16)7-13(5-6-13)8-12(17)18/h1-4H,5-8H2,(H,15,16)(H,17,18). The largest absolute Gasteiger partial charge is 0.481 e. The van der Waals surface area contributed by atoms with Crippen molar-refractivity contribution in [2.75, 3.05) is 5.32 Å². The number of rotatable bonds is 5. The highest BCUT2D eigenvalue weighted by atomic mass is 35.5. The van der Waals surface area contributed by atoms with E-state index in [9.17, 15) is 9.59 Å². The van der Waals surface area contributed by atoms with Gasteiger partial charge in [0.05, 0.1) is 6.42 Å². The SMILES string of the molecule is O=C(O)CC1(CC(=O)Nc2ccc(Cl)cc2)CC1. The Kier molecular flexibility index (Phi) is 3.57. The van der Waals surface area contributed by atoms with Crippen LogP contribution < -0.4 is 5.32 Å². The lowest BCUT2D eigenvalue weighted by molar-refractivity contribution is -0.138. The fourth-order valence-corrected chi connectivity index (χ4v) is 2.12. The molecule has 0 spiro atoms. The Balaban J connectivity index is 1.89. The molecule has 0 radical (unpaired) electrons. The molecule has 5 heteroatoms. The number of carbonyl (C=O) groups excluding carboxylic acids is 1. The van der Waals surface area contributed by atoms with Gasteiger partial charge < -0.3 is 10.4 Å². The summed E-state index contributed by atoms with van der Waals surface area (Å²) in [5.74, 6) is -0.983. The number of amides is 1. The van der Waals surface area contributed by atoms with Gasteiger partial charge in [0, 0.05) is 17.1 Å². The van der Waals surface area contributed by atoms with Crippen molar-refractivity contribution in [1.29, 1.82) is 0 Å². The molecule has 0 atom stereocenters. The van der Waals surface area contributed by atoms with Gasteiger partial charge in [-0.25, -0.2) is 0 Å². The Morgan fingerprint density at radius 1 is 1.22 bits per heavy atom. The van der Waals surface area contributed by atoms with E-state index < -0.39 is 5.97 Å². The van der Waals surface area contributed by atoms with E-state index in [1.165, 1.54) is 0 Å². The van der Waals surface area contributed by atoms with Gasteiger partial charge >= 0.3 is 5.97 Å². The summed E-state index contributed by atoms with van der Waals surface area (Å²) in [5.41, 5.74) is 0.359. The maximum atomic E-state index is 11.8. The van der Waals surface area contributed by atoms with Gasteiger partial charge in [-0.1, -0.05) is 11.6 Å². The Labute approximate surface area is 110 Å². The summed E-state index contributed by atoms with van der Waals surface area (Å²) in [6.07, 6.45) is 1.96. The molecule has 1 aromatic carbocycles. The van der Waals surface area contributed by atoms with Gasteiger partial charge in [-0.3, -0.25) is 9.59 Å². The van der Waals surface area contributed by atoms with Crippen LogP contribution in [0.3, 0.4) is 0 Å². The summed E-state index contributed by atoms with van der Waals surface area (Å²) in [6.45, 7) is 0. The Hall–Kier alpha value is -1.55. The van der Waals surface area contributed by atoms with Crippen LogP contribution in [0.4, 0.5) is 5.69 Å². The molecule has 0 heterocycles. The molecule has 2 N–H and O–H groups in total. The monoisotopic (exact) mass is 267 g/mol. The average molecular weight is 268 g/mol. The van der Waals surface area contributed by atoms with Gasteiger partial charge in [-0.2, -0.15) is 0 Å². The zero-order valence-corrected chi connectivity index (χ0v) is 10.5. The Morgan fingerprint density at radius 3 is 2.33 bits per heavy atom. The molecule has 4 nitrogen and oxygen atoms in total. The number of carboxylic acids is 1. The van der Waals surface area contributed by atoms with Crippen LogP contribution in [0, 0.1) is 5.41 Å². The number of nitrogens with one attached hydrogen (secondary N) is 1. The smallest absolute Gasteiger partial charge is 0.303 e. The molecule has 1 aromatic rings. The number of carbonyl (C=O) groups is 2. The molecule has 0 saturated heterocycles. The van der Waals surface area contributed by atoms with Gasteiger partial charge in [0.25, 0.3) is 0 Å². The van der Waals surface area contributed by atoms with Crippen molar-refractivity contribution in [3.63, 3.8) is 0 Å². The Bertz CT molecular complexity index is 466. The lowest BCUT2D eigenvalue weighted by atomic mass is 9.98. The van der Waals surface area contributed by atoms with Gasteiger partial charge in [-0.05, 0) is 42.5 Å². The normalized spacial score (nSPS) is 16.1. The van der Waals surface area contributed by atoms with E-state index in [4.69, 9.17) is 16.7 Å². The molecule has 0 aromatic heterocycles. The fourth-order valence-electron chi connectivity index (χ4n) is 1.99. The summed E-state index contributed by atoms with van der Waals surface area (Å²) in [7, 11) is 0. The molecule has 1 aliphatic rings. The fraction of sp³-hybridized carbons (Fsp3) is 0.385. The van der Waals surface area contributed by atoms with Crippen LogP contribution in [-0.2, 0) is 9.59 Å². The highest BCUT2D eigenvalue weighted by molar-refractivity contribution is 6.30. The predicted molar refractivity (Wildman–Crippen MR) is 68.6 cm³/mol. The minimum atomic E-state index is -0.841. The first-order valence-corrected chi connectivity index (χ1v) is 6.14. The number of hydrogen-bond acceptors (Lipinski definition) is 2. The zero-order valence-electron chi connectivity index (χ0n) is 9.78. The molecular weight excluding hydrogens is 254 g/mol.